The summed E-state index contributed by atoms with van der Waals surface area (Å²) in [6.45, 7) is 0. The summed E-state index contributed by atoms with van der Waals surface area (Å²) in [5.41, 5.74) is -0.405. The first-order chi connectivity index (χ1) is 10.5. The van der Waals surface area contributed by atoms with E-state index >= 15 is 0 Å². The lowest BCUT2D eigenvalue weighted by atomic mass is 9.99. The third-order valence-corrected chi connectivity index (χ3v) is 3.13. The van der Waals surface area contributed by atoms with Gasteiger partial charge < -0.3 is 19.7 Å². The molecule has 0 radical (unpaired) electrons. The molecule has 22 heavy (non-hydrogen) atoms. The maximum absolute atomic E-state index is 12.3. The molecule has 2 N–H and O–H groups in total. The number of hydrogen-bond donors (Lipinski definition) is 2. The fraction of sp³-hybridized carbons (Fsp3) is 0.125. The molecule has 0 unspecified atom stereocenters. The first kappa shape index (κ1) is 15.4. The van der Waals surface area contributed by atoms with Crippen molar-refractivity contribution >= 4 is 11.6 Å². The number of carbonyl (C=O) groups is 2. The minimum Gasteiger partial charge on any atom is -0.504 e. The fourth-order valence-electron chi connectivity index (χ4n) is 1.99. The molecule has 2 rings (SSSR count). The van der Waals surface area contributed by atoms with Crippen molar-refractivity contribution in [3.8, 4) is 23.0 Å². The van der Waals surface area contributed by atoms with Gasteiger partial charge in [0.1, 0.15) is 0 Å². The number of Topliss-reactive ketones (excluding diaryl/α,β-unsaturated/α-hetero) is 2. The molecule has 0 amide bonds. The molecule has 0 saturated heterocycles. The zero-order valence-corrected chi connectivity index (χ0v) is 12.0. The highest BCUT2D eigenvalue weighted by Crippen LogP contribution is 2.33. The predicted molar refractivity (Wildman–Crippen MR) is 78.0 cm³/mol. The molecule has 0 saturated carbocycles. The zero-order chi connectivity index (χ0) is 16.3. The summed E-state index contributed by atoms with van der Waals surface area (Å²) >= 11 is 0. The summed E-state index contributed by atoms with van der Waals surface area (Å²) in [5.74, 6) is -2.61. The van der Waals surface area contributed by atoms with Gasteiger partial charge in [-0.25, -0.2) is 0 Å². The van der Waals surface area contributed by atoms with E-state index in [0.717, 1.165) is 0 Å². The van der Waals surface area contributed by atoms with Crippen LogP contribution in [0.15, 0.2) is 36.4 Å². The van der Waals surface area contributed by atoms with E-state index in [0.29, 0.717) is 0 Å². The van der Waals surface area contributed by atoms with Crippen molar-refractivity contribution in [1.82, 2.24) is 0 Å². The quantitative estimate of drug-likeness (QED) is 0.649. The van der Waals surface area contributed by atoms with E-state index in [9.17, 15) is 19.8 Å². The Morgan fingerprint density at radius 1 is 0.773 bits per heavy atom. The van der Waals surface area contributed by atoms with Crippen molar-refractivity contribution in [2.75, 3.05) is 14.2 Å². The molecule has 6 nitrogen and oxygen atoms in total. The van der Waals surface area contributed by atoms with Gasteiger partial charge in [-0.15, -0.1) is 0 Å². The van der Waals surface area contributed by atoms with Crippen molar-refractivity contribution in [2.45, 2.75) is 0 Å². The molecule has 0 heterocycles. The lowest BCUT2D eigenvalue weighted by molar-refractivity contribution is 0.0812. The van der Waals surface area contributed by atoms with Gasteiger partial charge in [-0.2, -0.15) is 0 Å². The van der Waals surface area contributed by atoms with Crippen LogP contribution in [-0.4, -0.2) is 36.0 Å². The van der Waals surface area contributed by atoms with Gasteiger partial charge in [-0.05, 0) is 24.3 Å². The summed E-state index contributed by atoms with van der Waals surface area (Å²) in [4.78, 5) is 24.5. The van der Waals surface area contributed by atoms with Gasteiger partial charge in [0.15, 0.2) is 23.0 Å². The van der Waals surface area contributed by atoms with Crippen LogP contribution in [0.2, 0.25) is 0 Å². The molecule has 0 aliphatic rings. The third-order valence-electron chi connectivity index (χ3n) is 3.13. The molecule has 2 aromatic rings. The van der Waals surface area contributed by atoms with Crippen LogP contribution in [0.3, 0.4) is 0 Å². The normalized spacial score (nSPS) is 10.1. The third kappa shape index (κ3) is 2.58. The van der Waals surface area contributed by atoms with Gasteiger partial charge in [-0.3, -0.25) is 9.59 Å². The van der Waals surface area contributed by atoms with Crippen LogP contribution in [0.1, 0.15) is 20.7 Å². The van der Waals surface area contributed by atoms with Gasteiger partial charge in [0, 0.05) is 0 Å². The van der Waals surface area contributed by atoms with E-state index < -0.39 is 23.1 Å². The molecule has 0 spiro atoms. The molecule has 0 aliphatic carbocycles. The van der Waals surface area contributed by atoms with Crippen LogP contribution < -0.4 is 9.47 Å². The van der Waals surface area contributed by atoms with Gasteiger partial charge in [0.05, 0.1) is 25.3 Å². The van der Waals surface area contributed by atoms with E-state index in [4.69, 9.17) is 9.47 Å². The van der Waals surface area contributed by atoms with Crippen LogP contribution in [-0.2, 0) is 0 Å². The van der Waals surface area contributed by atoms with Gasteiger partial charge in [-0.1, -0.05) is 12.1 Å². The number of ketones is 2. The number of hydrogen-bond acceptors (Lipinski definition) is 6. The number of aromatic hydroxyl groups is 2. The van der Waals surface area contributed by atoms with E-state index in [2.05, 4.69) is 0 Å². The number of phenols is 2. The first-order valence-electron chi connectivity index (χ1n) is 6.32. The van der Waals surface area contributed by atoms with Crippen molar-refractivity contribution in [2.24, 2.45) is 0 Å². The molecule has 114 valence electrons. The monoisotopic (exact) mass is 302 g/mol. The van der Waals surface area contributed by atoms with E-state index in [1.165, 1.54) is 50.6 Å². The average molecular weight is 302 g/mol. The Bertz CT molecular complexity index is 672. The Labute approximate surface area is 126 Å². The largest absolute Gasteiger partial charge is 0.504 e. The molecule has 0 atom stereocenters. The molecular weight excluding hydrogens is 288 g/mol. The standard InChI is InChI=1S/C16H14O6/c1-21-11-7-3-5-9(13(11)17)15(19)16(20)10-6-4-8-12(22-2)14(10)18/h3-8,17-18H,1-2H3. The Hall–Kier alpha value is -3.02. The predicted octanol–water partition coefficient (Wildman–Crippen LogP) is 2.18. The maximum atomic E-state index is 12.3. The number of phenolic OH excluding ortho intramolecular Hbond substituents is 2. The van der Waals surface area contributed by atoms with E-state index in [1.807, 2.05) is 0 Å². The Balaban J connectivity index is 2.45. The summed E-state index contributed by atoms with van der Waals surface area (Å²) in [6.07, 6.45) is 0. The molecule has 0 bridgehead atoms. The Morgan fingerprint density at radius 2 is 1.14 bits per heavy atom. The number of methoxy groups -OCH3 is 2. The van der Waals surface area contributed by atoms with Crippen LogP contribution in [0.25, 0.3) is 0 Å². The van der Waals surface area contributed by atoms with Crippen molar-refractivity contribution < 1.29 is 29.3 Å². The molecule has 0 aromatic heterocycles. The van der Waals surface area contributed by atoms with Gasteiger partial charge >= 0.3 is 0 Å². The second-order valence-electron chi connectivity index (χ2n) is 4.37. The number of carbonyl (C=O) groups excluding carboxylic acids is 2. The maximum Gasteiger partial charge on any atom is 0.237 e. The lowest BCUT2D eigenvalue weighted by Crippen LogP contribution is -2.15. The highest BCUT2D eigenvalue weighted by molar-refractivity contribution is 6.50. The zero-order valence-electron chi connectivity index (χ0n) is 12.0. The van der Waals surface area contributed by atoms with Gasteiger partial charge in [0.2, 0.25) is 11.6 Å². The first-order valence-corrected chi connectivity index (χ1v) is 6.32. The SMILES string of the molecule is COc1cccc(C(=O)C(=O)c2cccc(OC)c2O)c1O. The van der Waals surface area contributed by atoms with Crippen molar-refractivity contribution in [1.29, 1.82) is 0 Å². The average Bonchev–Trinajstić information content (AvgIpc) is 2.54. The summed E-state index contributed by atoms with van der Waals surface area (Å²) in [5, 5.41) is 19.9. The van der Waals surface area contributed by atoms with Gasteiger partial charge in [0.25, 0.3) is 0 Å². The Kier molecular flexibility index (Phi) is 4.31. The highest BCUT2D eigenvalue weighted by atomic mass is 16.5. The topological polar surface area (TPSA) is 93.1 Å². The number of benzene rings is 2. The smallest absolute Gasteiger partial charge is 0.237 e. The van der Waals surface area contributed by atoms with Crippen molar-refractivity contribution in [3.63, 3.8) is 0 Å². The van der Waals surface area contributed by atoms with Crippen LogP contribution in [0.4, 0.5) is 0 Å². The summed E-state index contributed by atoms with van der Waals surface area (Å²) in [7, 11) is 2.66. The number of para-hydroxylation sites is 2. The Morgan fingerprint density at radius 3 is 1.45 bits per heavy atom. The lowest BCUT2D eigenvalue weighted by Gasteiger charge is -2.09. The molecule has 0 aliphatic heterocycles. The molecule has 6 heteroatoms. The van der Waals surface area contributed by atoms with Crippen LogP contribution in [0, 0.1) is 0 Å². The fourth-order valence-corrected chi connectivity index (χ4v) is 1.99. The van der Waals surface area contributed by atoms with Crippen LogP contribution in [0.5, 0.6) is 23.0 Å². The second-order valence-corrected chi connectivity index (χ2v) is 4.37. The highest BCUT2D eigenvalue weighted by Gasteiger charge is 2.26. The molecule has 0 fully saturated rings. The number of ether oxygens (including phenoxy) is 2. The minimum absolute atomic E-state index is 0.0773. The summed E-state index contributed by atoms with van der Waals surface area (Å²) < 4.78 is 9.80. The van der Waals surface area contributed by atoms with E-state index in [-0.39, 0.29) is 22.6 Å². The second kappa shape index (κ2) is 6.17. The minimum atomic E-state index is -0.958. The van der Waals surface area contributed by atoms with E-state index in [1.54, 1.807) is 0 Å². The summed E-state index contributed by atoms with van der Waals surface area (Å²) in [6, 6.07) is 8.47. The van der Waals surface area contributed by atoms with Crippen molar-refractivity contribution in [3.05, 3.63) is 47.5 Å². The molecule has 2 aromatic carbocycles. The number of rotatable bonds is 5. The van der Waals surface area contributed by atoms with Crippen LogP contribution >= 0.6 is 0 Å². The molecular formula is C16H14O6.